The van der Waals surface area contributed by atoms with Crippen LogP contribution in [0.4, 0.5) is 11.4 Å². The van der Waals surface area contributed by atoms with Crippen molar-refractivity contribution in [3.8, 4) is 27.9 Å². The summed E-state index contributed by atoms with van der Waals surface area (Å²) in [6.45, 7) is 0. The van der Waals surface area contributed by atoms with Crippen LogP contribution in [-0.2, 0) is 5.41 Å². The summed E-state index contributed by atoms with van der Waals surface area (Å²) in [7, 11) is 0. The number of hydrogen-bond acceptors (Lipinski definition) is 2. The lowest BCUT2D eigenvalue weighted by molar-refractivity contribution is 0.674. The highest BCUT2D eigenvalue weighted by molar-refractivity contribution is 6.18. The standard InChI is InChI=1S/C65H42N2O/c1-2-20-42-41(19-1)39-40-50-49-28-17-27-48(64(49)68-63(42)50)47-25-8-14-35-58(47)67(60-37-16-15-36-59(60)66-56-33-12-6-23-45(56)46-24-7-13-34-57(46)66)61-38-18-32-55-62(61)51-26-5-11-31-54(51)65(55)52-29-9-3-21-43(52)44-22-4-10-30-53(44)65/h1-17,19-31,33-40H,18,32H2. The van der Waals surface area contributed by atoms with Crippen molar-refractivity contribution in [3.05, 3.63) is 264 Å². The van der Waals surface area contributed by atoms with Crippen molar-refractivity contribution in [3.63, 3.8) is 0 Å². The highest BCUT2D eigenvalue weighted by atomic mass is 16.3. The van der Waals surface area contributed by atoms with Gasteiger partial charge in [-0.2, -0.15) is 0 Å². The van der Waals surface area contributed by atoms with E-state index in [1.54, 1.807) is 0 Å². The van der Waals surface area contributed by atoms with Crippen molar-refractivity contribution in [1.82, 2.24) is 4.57 Å². The Balaban J connectivity index is 1.05. The van der Waals surface area contributed by atoms with Crippen LogP contribution in [0.3, 0.4) is 0 Å². The van der Waals surface area contributed by atoms with E-state index in [4.69, 9.17) is 4.42 Å². The largest absolute Gasteiger partial charge is 0.455 e. The summed E-state index contributed by atoms with van der Waals surface area (Å²) in [6.07, 6.45) is 4.37. The molecule has 2 aromatic heterocycles. The molecule has 10 aromatic carbocycles. The molecule has 3 heteroatoms. The Hall–Kier alpha value is -8.66. The second-order valence-electron chi connectivity index (χ2n) is 18.5. The second kappa shape index (κ2) is 14.2. The first-order valence-corrected chi connectivity index (χ1v) is 23.8. The summed E-state index contributed by atoms with van der Waals surface area (Å²) in [5, 5.41) is 7.01. The minimum absolute atomic E-state index is 0.418. The smallest absolute Gasteiger partial charge is 0.143 e. The molecule has 0 bridgehead atoms. The molecule has 318 valence electrons. The SMILES string of the molecule is C1=C(N(c2ccccc2-c2cccc3c2oc2c4ccccc4ccc32)c2ccccc2-n2c3ccccc3c3ccccc32)C2=C(CC1)C1(c3ccccc32)c2ccccc2-c2ccccc21. The zero-order valence-electron chi connectivity index (χ0n) is 37.2. The van der Waals surface area contributed by atoms with Crippen molar-refractivity contribution in [2.24, 2.45) is 0 Å². The van der Waals surface area contributed by atoms with Gasteiger partial charge in [-0.3, -0.25) is 0 Å². The van der Waals surface area contributed by atoms with E-state index >= 15 is 0 Å². The number of hydrogen-bond donors (Lipinski definition) is 0. The normalized spacial score (nSPS) is 14.5. The van der Waals surface area contributed by atoms with E-state index in [0.29, 0.717) is 0 Å². The number of nitrogens with zero attached hydrogens (tertiary/aromatic N) is 2. The summed E-state index contributed by atoms with van der Waals surface area (Å²) >= 11 is 0. The average Bonchev–Trinajstić information content (AvgIpc) is 4.14. The van der Waals surface area contributed by atoms with Gasteiger partial charge in [0.2, 0.25) is 0 Å². The number of para-hydroxylation sites is 6. The molecule has 0 saturated heterocycles. The molecule has 0 amide bonds. The van der Waals surface area contributed by atoms with Crippen LogP contribution in [0.2, 0.25) is 0 Å². The molecule has 0 aliphatic heterocycles. The summed E-state index contributed by atoms with van der Waals surface area (Å²) in [6, 6.07) is 82.9. The van der Waals surface area contributed by atoms with E-state index in [2.05, 4.69) is 240 Å². The Morgan fingerprint density at radius 1 is 0.397 bits per heavy atom. The monoisotopic (exact) mass is 866 g/mol. The van der Waals surface area contributed by atoms with Gasteiger partial charge >= 0.3 is 0 Å². The van der Waals surface area contributed by atoms with Gasteiger partial charge in [0, 0.05) is 43.6 Å². The first kappa shape index (κ1) is 37.5. The van der Waals surface area contributed by atoms with Crippen LogP contribution in [0.15, 0.2) is 246 Å². The maximum absolute atomic E-state index is 7.12. The van der Waals surface area contributed by atoms with E-state index in [0.717, 1.165) is 68.4 Å². The third-order valence-electron chi connectivity index (χ3n) is 15.3. The van der Waals surface area contributed by atoms with Gasteiger partial charge in [-0.25, -0.2) is 0 Å². The molecule has 3 aliphatic rings. The predicted molar refractivity (Wildman–Crippen MR) is 282 cm³/mol. The molecule has 2 heterocycles. The predicted octanol–water partition coefficient (Wildman–Crippen LogP) is 17.1. The summed E-state index contributed by atoms with van der Waals surface area (Å²) in [5.74, 6) is 0. The third-order valence-corrected chi connectivity index (χ3v) is 15.3. The van der Waals surface area contributed by atoms with Crippen LogP contribution in [0.1, 0.15) is 35.1 Å². The summed E-state index contributed by atoms with van der Waals surface area (Å²) in [5.41, 5.74) is 21.3. The van der Waals surface area contributed by atoms with Crippen molar-refractivity contribution in [2.45, 2.75) is 18.3 Å². The minimum Gasteiger partial charge on any atom is -0.455 e. The van der Waals surface area contributed by atoms with Gasteiger partial charge in [0.25, 0.3) is 0 Å². The second-order valence-corrected chi connectivity index (χ2v) is 18.5. The molecule has 68 heavy (non-hydrogen) atoms. The molecule has 0 radical (unpaired) electrons. The number of furan rings is 1. The third kappa shape index (κ3) is 4.92. The maximum Gasteiger partial charge on any atom is 0.143 e. The molecule has 3 aliphatic carbocycles. The molecule has 15 rings (SSSR count). The Labute approximate surface area is 393 Å². The average molecular weight is 867 g/mol. The van der Waals surface area contributed by atoms with Crippen LogP contribution in [-0.4, -0.2) is 4.57 Å². The Morgan fingerprint density at radius 2 is 0.926 bits per heavy atom. The lowest BCUT2D eigenvalue weighted by Crippen LogP contribution is -2.28. The first-order chi connectivity index (χ1) is 33.8. The highest BCUT2D eigenvalue weighted by Gasteiger charge is 2.54. The minimum atomic E-state index is -0.418. The molecule has 1 spiro atoms. The van der Waals surface area contributed by atoms with E-state index in [9.17, 15) is 0 Å². The molecule has 12 aromatic rings. The van der Waals surface area contributed by atoms with E-state index < -0.39 is 5.41 Å². The van der Waals surface area contributed by atoms with Crippen LogP contribution < -0.4 is 4.90 Å². The number of aromatic nitrogens is 1. The highest BCUT2D eigenvalue weighted by Crippen LogP contribution is 2.65. The Morgan fingerprint density at radius 3 is 1.66 bits per heavy atom. The number of anilines is 2. The lowest BCUT2D eigenvalue weighted by atomic mass is 9.68. The molecular formula is C65H42N2O. The molecule has 3 nitrogen and oxygen atoms in total. The van der Waals surface area contributed by atoms with Gasteiger partial charge in [0.1, 0.15) is 11.2 Å². The van der Waals surface area contributed by atoms with Gasteiger partial charge in [-0.05, 0) is 93.6 Å². The molecule has 0 fully saturated rings. The fourth-order valence-corrected chi connectivity index (χ4v) is 12.7. The number of benzene rings is 10. The van der Waals surface area contributed by atoms with E-state index in [-0.39, 0.29) is 0 Å². The van der Waals surface area contributed by atoms with Crippen molar-refractivity contribution >= 4 is 71.5 Å². The maximum atomic E-state index is 7.12. The first-order valence-electron chi connectivity index (χ1n) is 23.8. The van der Waals surface area contributed by atoms with Crippen LogP contribution in [0.25, 0.3) is 88.0 Å². The van der Waals surface area contributed by atoms with Crippen LogP contribution in [0.5, 0.6) is 0 Å². The van der Waals surface area contributed by atoms with E-state index in [1.165, 1.54) is 77.4 Å². The number of rotatable bonds is 5. The molecule has 0 unspecified atom stereocenters. The van der Waals surface area contributed by atoms with Crippen molar-refractivity contribution in [2.75, 3.05) is 4.90 Å². The van der Waals surface area contributed by atoms with Crippen molar-refractivity contribution in [1.29, 1.82) is 0 Å². The molecule has 0 atom stereocenters. The Kier molecular flexibility index (Phi) is 7.83. The van der Waals surface area contributed by atoms with E-state index in [1.807, 2.05) is 0 Å². The van der Waals surface area contributed by atoms with Crippen molar-refractivity contribution < 1.29 is 4.42 Å². The van der Waals surface area contributed by atoms with Gasteiger partial charge < -0.3 is 13.9 Å². The molecule has 0 N–H and O–H groups in total. The fourth-order valence-electron chi connectivity index (χ4n) is 12.7. The zero-order valence-corrected chi connectivity index (χ0v) is 37.2. The Bertz CT molecular complexity index is 4080. The van der Waals surface area contributed by atoms with Gasteiger partial charge in [-0.15, -0.1) is 0 Å². The molecular weight excluding hydrogens is 825 g/mol. The van der Waals surface area contributed by atoms with Gasteiger partial charge in [0.15, 0.2) is 0 Å². The fraction of sp³-hybridized carbons (Fsp3) is 0.0462. The number of fused-ring (bicyclic) bond motifs is 17. The lowest BCUT2D eigenvalue weighted by Gasteiger charge is -2.37. The van der Waals surface area contributed by atoms with Gasteiger partial charge in [0.05, 0.1) is 39.2 Å². The number of allylic oxidation sites excluding steroid dienone is 3. The summed E-state index contributed by atoms with van der Waals surface area (Å²) in [4.78, 5) is 2.60. The summed E-state index contributed by atoms with van der Waals surface area (Å²) < 4.78 is 9.59. The zero-order chi connectivity index (χ0) is 44.5. The molecule has 0 saturated carbocycles. The van der Waals surface area contributed by atoms with Crippen LogP contribution in [0, 0.1) is 0 Å². The topological polar surface area (TPSA) is 21.3 Å². The van der Waals surface area contributed by atoms with Crippen LogP contribution >= 0.6 is 0 Å². The van der Waals surface area contributed by atoms with Gasteiger partial charge in [-0.1, -0.05) is 194 Å². The quantitative estimate of drug-likeness (QED) is 0.172.